The highest BCUT2D eigenvalue weighted by molar-refractivity contribution is 6.17. The lowest BCUT2D eigenvalue weighted by Crippen LogP contribution is -1.65. The Balaban J connectivity index is 0. The molecular formula is C4H10Cl2. The van der Waals surface area contributed by atoms with Crippen LogP contribution in [0.1, 0.15) is 19.8 Å². The molecule has 0 saturated heterocycles. The number of hydrogen-bond donors (Lipinski definition) is 0. The summed E-state index contributed by atoms with van der Waals surface area (Å²) in [5.74, 6) is 0.816. The number of alkyl halides is 1. The van der Waals surface area contributed by atoms with Crippen molar-refractivity contribution in [1.29, 1.82) is 0 Å². The molecule has 0 unspecified atom stereocenters. The van der Waals surface area contributed by atoms with Gasteiger partial charge in [0, 0.05) is 5.88 Å². The fourth-order valence-electron chi connectivity index (χ4n) is 0.134. The van der Waals surface area contributed by atoms with Crippen LogP contribution in [0.5, 0.6) is 0 Å². The Morgan fingerprint density at radius 2 is 2.00 bits per heavy atom. The topological polar surface area (TPSA) is 0 Å². The smallest absolute Gasteiger partial charge is 0.0223 e. The van der Waals surface area contributed by atoms with Crippen molar-refractivity contribution >= 4 is 24.0 Å². The zero-order valence-electron chi connectivity index (χ0n) is 3.91. The molecule has 0 bridgehead atoms. The minimum atomic E-state index is 0. The lowest BCUT2D eigenvalue weighted by atomic mass is 10.4. The molecular weight excluding hydrogens is 119 g/mol. The summed E-state index contributed by atoms with van der Waals surface area (Å²) in [6.07, 6.45) is 2.37. The molecule has 0 aromatic heterocycles. The molecule has 0 atom stereocenters. The van der Waals surface area contributed by atoms with Gasteiger partial charge in [-0.25, -0.2) is 0 Å². The summed E-state index contributed by atoms with van der Waals surface area (Å²) in [7, 11) is 0. The summed E-state index contributed by atoms with van der Waals surface area (Å²) in [5, 5.41) is 0. The van der Waals surface area contributed by atoms with E-state index < -0.39 is 0 Å². The Morgan fingerprint density at radius 1 is 1.50 bits per heavy atom. The van der Waals surface area contributed by atoms with Gasteiger partial charge in [0.1, 0.15) is 0 Å². The molecule has 0 heterocycles. The summed E-state index contributed by atoms with van der Waals surface area (Å²) >= 11 is 5.30. The molecule has 0 aliphatic carbocycles. The molecule has 40 valence electrons. The van der Waals surface area contributed by atoms with Crippen LogP contribution >= 0.6 is 24.0 Å². The molecule has 0 radical (unpaired) electrons. The third-order valence-corrected chi connectivity index (χ3v) is 0.754. The zero-order valence-corrected chi connectivity index (χ0v) is 5.48. The maximum Gasteiger partial charge on any atom is 0.0223 e. The minimum absolute atomic E-state index is 0. The molecule has 0 aliphatic rings. The summed E-state index contributed by atoms with van der Waals surface area (Å²) in [4.78, 5) is 0. The maximum atomic E-state index is 5.30. The summed E-state index contributed by atoms with van der Waals surface area (Å²) in [6, 6.07) is 0. The van der Waals surface area contributed by atoms with Gasteiger partial charge in [-0.05, 0) is 6.42 Å². The van der Waals surface area contributed by atoms with Crippen molar-refractivity contribution in [3.05, 3.63) is 0 Å². The summed E-state index contributed by atoms with van der Waals surface area (Å²) in [6.45, 7) is 2.13. The molecule has 0 aliphatic heterocycles. The second kappa shape index (κ2) is 9.13. The molecule has 0 rings (SSSR count). The van der Waals surface area contributed by atoms with E-state index in [2.05, 4.69) is 6.92 Å². The van der Waals surface area contributed by atoms with E-state index in [-0.39, 0.29) is 12.4 Å². The third kappa shape index (κ3) is 8.82. The number of halogens is 2. The van der Waals surface area contributed by atoms with Crippen molar-refractivity contribution < 1.29 is 0 Å². The van der Waals surface area contributed by atoms with Crippen LogP contribution in [-0.4, -0.2) is 5.88 Å². The van der Waals surface area contributed by atoms with Gasteiger partial charge in [0.2, 0.25) is 0 Å². The van der Waals surface area contributed by atoms with Gasteiger partial charge >= 0.3 is 0 Å². The summed E-state index contributed by atoms with van der Waals surface area (Å²) < 4.78 is 0. The highest BCUT2D eigenvalue weighted by Crippen LogP contribution is 1.86. The zero-order chi connectivity index (χ0) is 4.12. The largest absolute Gasteiger partial charge is 0.147 e. The van der Waals surface area contributed by atoms with Gasteiger partial charge < -0.3 is 0 Å². The van der Waals surface area contributed by atoms with E-state index >= 15 is 0 Å². The van der Waals surface area contributed by atoms with Gasteiger partial charge in [0.05, 0.1) is 0 Å². The van der Waals surface area contributed by atoms with Gasteiger partial charge in [0.25, 0.3) is 0 Å². The van der Waals surface area contributed by atoms with Crippen molar-refractivity contribution in [2.45, 2.75) is 19.8 Å². The average Bonchev–Trinajstić information content (AvgIpc) is 1.41. The Bertz CT molecular complexity index is 13.0. The Labute approximate surface area is 50.3 Å². The summed E-state index contributed by atoms with van der Waals surface area (Å²) in [5.41, 5.74) is 0. The standard InChI is InChI=1S/C4H9Cl.ClH/c1-2-3-4-5;/h2-4H2,1H3;1H. The van der Waals surface area contributed by atoms with Gasteiger partial charge in [-0.3, -0.25) is 0 Å². The van der Waals surface area contributed by atoms with Crippen LogP contribution < -0.4 is 0 Å². The Kier molecular flexibility index (Phi) is 14.9. The quantitative estimate of drug-likeness (QED) is 0.502. The molecule has 0 N–H and O–H groups in total. The molecule has 2 heteroatoms. The van der Waals surface area contributed by atoms with E-state index in [1.807, 2.05) is 0 Å². The lowest BCUT2D eigenvalue weighted by Gasteiger charge is -1.77. The first kappa shape index (κ1) is 9.77. The van der Waals surface area contributed by atoms with Crippen LogP contribution in [0.15, 0.2) is 0 Å². The van der Waals surface area contributed by atoms with E-state index in [9.17, 15) is 0 Å². The van der Waals surface area contributed by atoms with Crippen molar-refractivity contribution in [1.82, 2.24) is 0 Å². The molecule has 0 spiro atoms. The first-order valence-electron chi connectivity index (χ1n) is 1.97. The second-order valence-electron chi connectivity index (χ2n) is 1.04. The second-order valence-corrected chi connectivity index (χ2v) is 1.42. The average molecular weight is 129 g/mol. The third-order valence-electron chi connectivity index (χ3n) is 0.487. The molecule has 0 aromatic rings. The SMILES string of the molecule is CCCCCl.Cl. The lowest BCUT2D eigenvalue weighted by molar-refractivity contribution is 0.892. The van der Waals surface area contributed by atoms with Crippen molar-refractivity contribution in [3.8, 4) is 0 Å². The Hall–Kier alpha value is 0.580. The van der Waals surface area contributed by atoms with E-state index in [0.717, 1.165) is 12.3 Å². The van der Waals surface area contributed by atoms with Crippen LogP contribution in [0.2, 0.25) is 0 Å². The Morgan fingerprint density at radius 3 is 2.00 bits per heavy atom. The molecule has 6 heavy (non-hydrogen) atoms. The molecule has 0 aromatic carbocycles. The van der Waals surface area contributed by atoms with Crippen LogP contribution in [0.4, 0.5) is 0 Å². The number of unbranched alkanes of at least 4 members (excludes halogenated alkanes) is 1. The van der Waals surface area contributed by atoms with E-state index in [4.69, 9.17) is 11.6 Å². The monoisotopic (exact) mass is 128 g/mol. The number of rotatable bonds is 2. The molecule has 0 nitrogen and oxygen atoms in total. The van der Waals surface area contributed by atoms with E-state index in [1.54, 1.807) is 0 Å². The molecule has 0 amide bonds. The normalized spacial score (nSPS) is 7.00. The predicted octanol–water partition coefficient (Wildman–Crippen LogP) is 2.45. The van der Waals surface area contributed by atoms with Crippen LogP contribution in [-0.2, 0) is 0 Å². The van der Waals surface area contributed by atoms with Gasteiger partial charge in [-0.15, -0.1) is 24.0 Å². The van der Waals surface area contributed by atoms with Crippen molar-refractivity contribution in [2.24, 2.45) is 0 Å². The first-order chi connectivity index (χ1) is 2.41. The van der Waals surface area contributed by atoms with Crippen LogP contribution in [0, 0.1) is 0 Å². The van der Waals surface area contributed by atoms with Crippen molar-refractivity contribution in [3.63, 3.8) is 0 Å². The fourth-order valence-corrected chi connectivity index (χ4v) is 0.401. The van der Waals surface area contributed by atoms with Crippen molar-refractivity contribution in [2.75, 3.05) is 5.88 Å². The van der Waals surface area contributed by atoms with Crippen LogP contribution in [0.25, 0.3) is 0 Å². The highest BCUT2D eigenvalue weighted by atomic mass is 35.5. The van der Waals surface area contributed by atoms with Crippen LogP contribution in [0.3, 0.4) is 0 Å². The molecule has 0 saturated carbocycles. The predicted molar refractivity (Wildman–Crippen MR) is 32.9 cm³/mol. The number of hydrogen-bond acceptors (Lipinski definition) is 0. The highest BCUT2D eigenvalue weighted by Gasteiger charge is 1.70. The van der Waals surface area contributed by atoms with Gasteiger partial charge in [0.15, 0.2) is 0 Å². The maximum absolute atomic E-state index is 5.30. The minimum Gasteiger partial charge on any atom is -0.147 e. The van der Waals surface area contributed by atoms with Gasteiger partial charge in [-0.2, -0.15) is 0 Å². The van der Waals surface area contributed by atoms with E-state index in [1.165, 1.54) is 6.42 Å². The fraction of sp³-hybridized carbons (Fsp3) is 1.00. The van der Waals surface area contributed by atoms with E-state index in [0.29, 0.717) is 0 Å². The first-order valence-corrected chi connectivity index (χ1v) is 2.51. The molecule has 0 fully saturated rings. The van der Waals surface area contributed by atoms with Gasteiger partial charge in [-0.1, -0.05) is 13.3 Å².